The molecule has 0 radical (unpaired) electrons. The zero-order valence-electron chi connectivity index (χ0n) is 19.4. The third kappa shape index (κ3) is 4.59. The smallest absolute Gasteiger partial charge is 0.340 e. The Labute approximate surface area is 192 Å². The van der Waals surface area contributed by atoms with Gasteiger partial charge in [-0.2, -0.15) is 0 Å². The zero-order valence-corrected chi connectivity index (χ0v) is 19.4. The van der Waals surface area contributed by atoms with Crippen molar-refractivity contribution in [3.63, 3.8) is 0 Å². The summed E-state index contributed by atoms with van der Waals surface area (Å²) < 4.78 is 17.4. The van der Waals surface area contributed by atoms with Crippen molar-refractivity contribution >= 4 is 16.9 Å². The first kappa shape index (κ1) is 22.9. The zero-order chi connectivity index (χ0) is 23.8. The van der Waals surface area contributed by atoms with Gasteiger partial charge in [-0.15, -0.1) is 0 Å². The quantitative estimate of drug-likeness (QED) is 0.556. The van der Waals surface area contributed by atoms with E-state index < -0.39 is 11.7 Å². The largest absolute Gasteiger partial charge is 0.496 e. The Hall–Kier alpha value is -3.32. The topological polar surface area (TPSA) is 98.0 Å². The first-order valence-electron chi connectivity index (χ1n) is 11.0. The van der Waals surface area contributed by atoms with Crippen molar-refractivity contribution in [1.29, 1.82) is 0 Å². The van der Waals surface area contributed by atoms with E-state index >= 15 is 0 Å². The highest BCUT2D eigenvalue weighted by molar-refractivity contribution is 5.93. The summed E-state index contributed by atoms with van der Waals surface area (Å²) in [5.74, 6) is 0.809. The molecule has 33 heavy (non-hydrogen) atoms. The fourth-order valence-corrected chi connectivity index (χ4v) is 4.27. The second-order valence-electron chi connectivity index (χ2n) is 9.02. The lowest BCUT2D eigenvalue weighted by molar-refractivity contribution is -0.120. The fraction of sp³-hybridized carbons (Fsp3) is 0.385. The lowest BCUT2D eigenvalue weighted by Crippen LogP contribution is -2.33. The molecule has 0 fully saturated rings. The van der Waals surface area contributed by atoms with Crippen molar-refractivity contribution in [3.05, 3.63) is 69.1 Å². The minimum Gasteiger partial charge on any atom is -0.496 e. The Kier molecular flexibility index (Phi) is 6.17. The van der Waals surface area contributed by atoms with Gasteiger partial charge in [0.25, 0.3) is 0 Å². The third-order valence-corrected chi connectivity index (χ3v) is 6.17. The monoisotopic (exact) mass is 451 g/mol. The van der Waals surface area contributed by atoms with E-state index in [9.17, 15) is 14.7 Å². The van der Waals surface area contributed by atoms with Crippen LogP contribution in [0.3, 0.4) is 0 Å². The number of nitrogens with one attached hydrogen (secondary N) is 1. The van der Waals surface area contributed by atoms with E-state index in [-0.39, 0.29) is 30.0 Å². The Bertz CT molecular complexity index is 1250. The molecule has 1 atom stereocenters. The second-order valence-corrected chi connectivity index (χ2v) is 9.02. The van der Waals surface area contributed by atoms with Crippen LogP contribution in [0.15, 0.2) is 45.6 Å². The molecular weight excluding hydrogens is 422 g/mol. The molecule has 0 saturated carbocycles. The molecule has 0 aliphatic carbocycles. The molecule has 174 valence electrons. The van der Waals surface area contributed by atoms with E-state index in [1.807, 2.05) is 38.1 Å². The number of aliphatic hydroxyl groups is 1. The van der Waals surface area contributed by atoms with Gasteiger partial charge in [-0.05, 0) is 44.7 Å². The van der Waals surface area contributed by atoms with Crippen molar-refractivity contribution in [2.24, 2.45) is 0 Å². The van der Waals surface area contributed by atoms with E-state index in [4.69, 9.17) is 13.9 Å². The normalized spacial score (nSPS) is 15.4. The Morgan fingerprint density at radius 1 is 1.27 bits per heavy atom. The number of rotatable bonds is 6. The van der Waals surface area contributed by atoms with E-state index in [1.165, 1.54) is 0 Å². The average Bonchev–Trinajstić information content (AvgIpc) is 2.79. The molecule has 7 heteroatoms. The van der Waals surface area contributed by atoms with Crippen LogP contribution in [0.2, 0.25) is 0 Å². The highest BCUT2D eigenvalue weighted by Gasteiger charge is 2.31. The summed E-state index contributed by atoms with van der Waals surface area (Å²) in [4.78, 5) is 25.5. The highest BCUT2D eigenvalue weighted by atomic mass is 16.5. The average molecular weight is 452 g/mol. The van der Waals surface area contributed by atoms with Crippen LogP contribution >= 0.6 is 0 Å². The molecule has 7 nitrogen and oxygen atoms in total. The van der Waals surface area contributed by atoms with Crippen LogP contribution in [0.1, 0.15) is 48.6 Å². The van der Waals surface area contributed by atoms with Crippen LogP contribution in [0.4, 0.5) is 0 Å². The van der Waals surface area contributed by atoms with Gasteiger partial charge in [0.05, 0.1) is 30.6 Å². The summed E-state index contributed by atoms with van der Waals surface area (Å²) in [7, 11) is 1.55. The van der Waals surface area contributed by atoms with E-state index in [0.717, 1.165) is 12.0 Å². The van der Waals surface area contributed by atoms with E-state index in [2.05, 4.69) is 5.32 Å². The Balaban J connectivity index is 1.62. The van der Waals surface area contributed by atoms with E-state index in [0.29, 0.717) is 40.0 Å². The maximum absolute atomic E-state index is 12.9. The number of aryl methyl sites for hydroxylation is 2. The SMILES string of the molecule is COc1cc2c(c3oc(=O)c(CC(=O)NC[C@H](O)c4ccccc4)c(C)c13)CCC(C)(C)O2. The lowest BCUT2D eigenvalue weighted by Gasteiger charge is -2.33. The van der Waals surface area contributed by atoms with Crippen molar-refractivity contribution in [2.75, 3.05) is 13.7 Å². The molecule has 2 aromatic carbocycles. The van der Waals surface area contributed by atoms with Gasteiger partial charge in [0, 0.05) is 18.2 Å². The number of fused-ring (bicyclic) bond motifs is 3. The fourth-order valence-electron chi connectivity index (χ4n) is 4.27. The number of benzene rings is 2. The minimum absolute atomic E-state index is 0.0464. The van der Waals surface area contributed by atoms with Crippen LogP contribution in [0, 0.1) is 6.92 Å². The molecular formula is C26H29NO6. The predicted molar refractivity (Wildman–Crippen MR) is 125 cm³/mol. The third-order valence-electron chi connectivity index (χ3n) is 6.17. The van der Waals surface area contributed by atoms with Crippen LogP contribution in [-0.4, -0.2) is 30.3 Å². The standard InChI is InChI=1S/C26H29NO6/c1-15-18(12-22(29)27-14-19(28)16-8-6-5-7-9-16)25(30)32-24-17-10-11-26(2,3)33-20(17)13-21(31-4)23(15)24/h5-9,13,19,28H,10-12,14H2,1-4H3,(H,27,29)/t19-/m0/s1. The summed E-state index contributed by atoms with van der Waals surface area (Å²) in [5.41, 5.74) is 2.04. The van der Waals surface area contributed by atoms with E-state index in [1.54, 1.807) is 26.2 Å². The van der Waals surface area contributed by atoms with Crippen LogP contribution in [0.5, 0.6) is 11.5 Å². The molecule has 1 aliphatic heterocycles. The summed E-state index contributed by atoms with van der Waals surface area (Å²) in [5, 5.41) is 13.7. The molecule has 3 aromatic rings. The Morgan fingerprint density at radius 3 is 2.70 bits per heavy atom. The predicted octanol–water partition coefficient (Wildman–Crippen LogP) is 3.61. The van der Waals surface area contributed by atoms with Crippen molar-refractivity contribution in [3.8, 4) is 11.5 Å². The van der Waals surface area contributed by atoms with Crippen molar-refractivity contribution < 1.29 is 23.8 Å². The first-order chi connectivity index (χ1) is 15.7. The van der Waals surface area contributed by atoms with Crippen molar-refractivity contribution in [1.82, 2.24) is 5.32 Å². The van der Waals surface area contributed by atoms with Gasteiger partial charge in [-0.1, -0.05) is 30.3 Å². The summed E-state index contributed by atoms with van der Waals surface area (Å²) in [6.45, 7) is 5.88. The van der Waals surface area contributed by atoms with Gasteiger partial charge in [0.15, 0.2) is 0 Å². The molecule has 1 aromatic heterocycles. The number of carbonyl (C=O) groups is 1. The molecule has 0 bridgehead atoms. The van der Waals surface area contributed by atoms with Crippen molar-refractivity contribution in [2.45, 2.75) is 51.7 Å². The minimum atomic E-state index is -0.833. The molecule has 4 rings (SSSR count). The Morgan fingerprint density at radius 2 is 2.00 bits per heavy atom. The number of hydrogen-bond donors (Lipinski definition) is 2. The second kappa shape index (κ2) is 8.90. The van der Waals surface area contributed by atoms with Crippen LogP contribution < -0.4 is 20.4 Å². The molecule has 1 aliphatic rings. The van der Waals surface area contributed by atoms with Crippen LogP contribution in [-0.2, 0) is 17.6 Å². The van der Waals surface area contributed by atoms with Gasteiger partial charge in [0.1, 0.15) is 22.7 Å². The highest BCUT2D eigenvalue weighted by Crippen LogP contribution is 2.43. The molecule has 1 amide bonds. The lowest BCUT2D eigenvalue weighted by atomic mass is 9.91. The molecule has 0 unspecified atom stereocenters. The van der Waals surface area contributed by atoms with Gasteiger partial charge < -0.3 is 24.3 Å². The number of hydrogen-bond acceptors (Lipinski definition) is 6. The maximum Gasteiger partial charge on any atom is 0.340 e. The first-order valence-corrected chi connectivity index (χ1v) is 11.0. The molecule has 0 spiro atoms. The number of amides is 1. The van der Waals surface area contributed by atoms with Gasteiger partial charge in [-0.3, -0.25) is 4.79 Å². The summed E-state index contributed by atoms with van der Waals surface area (Å²) >= 11 is 0. The number of aliphatic hydroxyl groups excluding tert-OH is 1. The molecule has 2 N–H and O–H groups in total. The maximum atomic E-state index is 12.9. The number of ether oxygens (including phenoxy) is 2. The molecule has 2 heterocycles. The number of methoxy groups -OCH3 is 1. The molecule has 0 saturated heterocycles. The number of carbonyl (C=O) groups excluding carboxylic acids is 1. The summed E-state index contributed by atoms with van der Waals surface area (Å²) in [6.07, 6.45) is 0.510. The van der Waals surface area contributed by atoms with Gasteiger partial charge in [0.2, 0.25) is 5.91 Å². The van der Waals surface area contributed by atoms with Gasteiger partial charge in [-0.25, -0.2) is 4.79 Å². The van der Waals surface area contributed by atoms with Crippen LogP contribution in [0.25, 0.3) is 11.0 Å². The summed E-state index contributed by atoms with van der Waals surface area (Å²) in [6, 6.07) is 10.9. The van der Waals surface area contributed by atoms with Gasteiger partial charge >= 0.3 is 5.63 Å².